The predicted molar refractivity (Wildman–Crippen MR) is 130 cm³/mol. The quantitative estimate of drug-likeness (QED) is 0.541. The van der Waals surface area contributed by atoms with Crippen molar-refractivity contribution in [2.24, 2.45) is 11.8 Å². The molecule has 3 rings (SSSR count). The summed E-state index contributed by atoms with van der Waals surface area (Å²) in [7, 11) is 4.04. The molecule has 0 radical (unpaired) electrons. The fourth-order valence-electron chi connectivity index (χ4n) is 4.58. The molecule has 1 heterocycles. The van der Waals surface area contributed by atoms with Crippen molar-refractivity contribution in [3.8, 4) is 17.2 Å². The lowest BCUT2D eigenvalue weighted by Gasteiger charge is -2.34. The molecule has 186 valence electrons. The van der Waals surface area contributed by atoms with E-state index in [1.54, 1.807) is 18.2 Å². The number of rotatable bonds is 9. The summed E-state index contributed by atoms with van der Waals surface area (Å²) < 4.78 is 26.0. The molecule has 0 aliphatic carbocycles. The van der Waals surface area contributed by atoms with Crippen LogP contribution < -0.4 is 9.47 Å². The monoisotopic (exact) mass is 473 g/mol. The Bertz CT molecular complexity index is 993. The number of nitrogens with zero attached hydrogens (tertiary/aromatic N) is 2. The average Bonchev–Trinajstić information content (AvgIpc) is 2.99. The van der Waals surface area contributed by atoms with E-state index in [0.717, 1.165) is 12.0 Å². The van der Waals surface area contributed by atoms with Crippen LogP contribution in [0.1, 0.15) is 38.3 Å². The van der Waals surface area contributed by atoms with E-state index in [1.165, 1.54) is 6.07 Å². The fourth-order valence-corrected chi connectivity index (χ4v) is 4.58. The highest BCUT2D eigenvalue weighted by molar-refractivity contribution is 5.78. The number of fused-ring (bicyclic) bond motifs is 1. The molecule has 1 aliphatic heterocycles. The molecule has 1 aliphatic rings. The summed E-state index contributed by atoms with van der Waals surface area (Å²) in [5.41, 5.74) is 1.44. The van der Waals surface area contributed by atoms with Gasteiger partial charge in [0.2, 0.25) is 11.7 Å². The van der Waals surface area contributed by atoms with Crippen molar-refractivity contribution in [1.82, 2.24) is 4.90 Å². The number of aromatic hydroxyl groups is 1. The Kier molecular flexibility index (Phi) is 8.42. The first-order valence-corrected chi connectivity index (χ1v) is 12.0. The van der Waals surface area contributed by atoms with Gasteiger partial charge < -0.3 is 24.0 Å². The Morgan fingerprint density at radius 2 is 1.85 bits per heavy atom. The summed E-state index contributed by atoms with van der Waals surface area (Å²) in [6.07, 6.45) is 0.750. The molecule has 1 N–H and O–H groups in total. The van der Waals surface area contributed by atoms with Crippen LogP contribution >= 0.6 is 0 Å². The number of hydrogen-bond acceptors (Lipinski definition) is 4. The highest BCUT2D eigenvalue weighted by atomic mass is 19.1. The maximum absolute atomic E-state index is 14.2. The first-order valence-electron chi connectivity index (χ1n) is 12.0. The van der Waals surface area contributed by atoms with Gasteiger partial charge in [-0.3, -0.25) is 4.79 Å². The molecule has 0 bridgehead atoms. The first-order chi connectivity index (χ1) is 16.1. The number of halogens is 1. The lowest BCUT2D eigenvalue weighted by molar-refractivity contribution is -0.905. The van der Waals surface area contributed by atoms with Gasteiger partial charge in [0.15, 0.2) is 11.5 Å². The van der Waals surface area contributed by atoms with Crippen molar-refractivity contribution in [2.45, 2.75) is 40.3 Å². The summed E-state index contributed by atoms with van der Waals surface area (Å²) in [6.45, 7) is 9.16. The Hall–Kier alpha value is -2.80. The van der Waals surface area contributed by atoms with Gasteiger partial charge in [-0.05, 0) is 36.6 Å². The van der Waals surface area contributed by atoms with Crippen LogP contribution in [0.4, 0.5) is 4.39 Å². The molecule has 0 saturated heterocycles. The molecule has 6 nitrogen and oxygen atoms in total. The molecule has 1 amide bonds. The Labute approximate surface area is 202 Å². The molecule has 0 saturated carbocycles. The second-order valence-electron chi connectivity index (χ2n) is 10.4. The van der Waals surface area contributed by atoms with Gasteiger partial charge in [-0.2, -0.15) is 0 Å². The van der Waals surface area contributed by atoms with Crippen molar-refractivity contribution in [3.63, 3.8) is 0 Å². The third-order valence-electron chi connectivity index (χ3n) is 5.90. The van der Waals surface area contributed by atoms with Gasteiger partial charge in [-0.25, -0.2) is 4.39 Å². The standard InChI is InChI=1S/C27H37FN2O4/c1-19(2)15-29(16-21-13-24(31)26-25(14-21)33-11-8-12-34-26)27(32)20(3)17-30(4,5)18-22-9-6-7-10-23(22)28/h6-7,9-10,13-14,19-20H,8,11-12,15-18H2,1-5H3/p+1. The Morgan fingerprint density at radius 3 is 2.56 bits per heavy atom. The molecule has 34 heavy (non-hydrogen) atoms. The molecule has 7 heteroatoms. The minimum absolute atomic E-state index is 0.0297. The number of amides is 1. The van der Waals surface area contributed by atoms with E-state index in [0.29, 0.717) is 60.9 Å². The second-order valence-corrected chi connectivity index (χ2v) is 10.4. The average molecular weight is 474 g/mol. The van der Waals surface area contributed by atoms with Crippen molar-refractivity contribution >= 4 is 5.91 Å². The van der Waals surface area contributed by atoms with Gasteiger partial charge in [0.25, 0.3) is 0 Å². The smallest absolute Gasteiger partial charge is 0.231 e. The number of phenolic OH excluding ortho intramolecular Hbond substituents is 1. The normalized spacial score (nSPS) is 14.6. The topological polar surface area (TPSA) is 59.0 Å². The third kappa shape index (κ3) is 6.86. The zero-order valence-electron chi connectivity index (χ0n) is 21.0. The number of quaternary nitrogens is 1. The summed E-state index contributed by atoms with van der Waals surface area (Å²) in [4.78, 5) is 15.4. The van der Waals surface area contributed by atoms with Crippen LogP contribution in [0.5, 0.6) is 17.2 Å². The third-order valence-corrected chi connectivity index (χ3v) is 5.90. The maximum Gasteiger partial charge on any atom is 0.231 e. The lowest BCUT2D eigenvalue weighted by atomic mass is 10.0. The second kappa shape index (κ2) is 11.1. The van der Waals surface area contributed by atoms with E-state index in [2.05, 4.69) is 13.8 Å². The highest BCUT2D eigenvalue weighted by Gasteiger charge is 2.29. The van der Waals surface area contributed by atoms with Crippen LogP contribution in [0.2, 0.25) is 0 Å². The molecule has 1 unspecified atom stereocenters. The molecule has 0 fully saturated rings. The van der Waals surface area contributed by atoms with E-state index < -0.39 is 0 Å². The first kappa shape index (κ1) is 25.8. The zero-order valence-corrected chi connectivity index (χ0v) is 21.0. The SMILES string of the molecule is CC(C)CN(Cc1cc(O)c2c(c1)OCCCO2)C(=O)C(C)C[N+](C)(C)Cc1ccccc1F. The van der Waals surface area contributed by atoms with Crippen LogP contribution in [-0.2, 0) is 17.9 Å². The summed E-state index contributed by atoms with van der Waals surface area (Å²) >= 11 is 0. The van der Waals surface area contributed by atoms with Gasteiger partial charge in [-0.1, -0.05) is 32.0 Å². The number of ether oxygens (including phenoxy) is 2. The highest BCUT2D eigenvalue weighted by Crippen LogP contribution is 2.39. The van der Waals surface area contributed by atoms with Crippen molar-refractivity contribution in [1.29, 1.82) is 0 Å². The summed E-state index contributed by atoms with van der Waals surface area (Å²) in [6, 6.07) is 10.3. The van der Waals surface area contributed by atoms with E-state index in [9.17, 15) is 14.3 Å². The molecular weight excluding hydrogens is 435 g/mol. The molecule has 2 aromatic rings. The van der Waals surface area contributed by atoms with E-state index in [4.69, 9.17) is 9.47 Å². The van der Waals surface area contributed by atoms with E-state index in [-0.39, 0.29) is 29.3 Å². The summed E-state index contributed by atoms with van der Waals surface area (Å²) in [5, 5.41) is 10.5. The Balaban J connectivity index is 1.74. The minimum Gasteiger partial charge on any atom is -0.504 e. The number of carbonyl (C=O) groups excluding carboxylic acids is 1. The number of phenols is 1. The number of benzene rings is 2. The molecule has 1 atom stereocenters. The molecular formula is C27H38FN2O4+. The number of carbonyl (C=O) groups is 1. The summed E-state index contributed by atoms with van der Waals surface area (Å²) in [5.74, 6) is 0.759. The van der Waals surface area contributed by atoms with Crippen LogP contribution in [0, 0.1) is 17.7 Å². The van der Waals surface area contributed by atoms with Crippen molar-refractivity contribution in [3.05, 3.63) is 53.3 Å². The number of hydrogen-bond donors (Lipinski definition) is 1. The van der Waals surface area contributed by atoms with Crippen LogP contribution in [0.3, 0.4) is 0 Å². The largest absolute Gasteiger partial charge is 0.504 e. The maximum atomic E-state index is 14.2. The van der Waals surface area contributed by atoms with Gasteiger partial charge in [-0.15, -0.1) is 0 Å². The van der Waals surface area contributed by atoms with Crippen LogP contribution in [0.25, 0.3) is 0 Å². The molecule has 0 aromatic heterocycles. The van der Waals surface area contributed by atoms with Gasteiger partial charge in [0, 0.05) is 25.1 Å². The lowest BCUT2D eigenvalue weighted by Crippen LogP contribution is -2.47. The predicted octanol–water partition coefficient (Wildman–Crippen LogP) is 4.59. The molecule has 2 aromatic carbocycles. The van der Waals surface area contributed by atoms with Crippen LogP contribution in [-0.4, -0.2) is 60.8 Å². The van der Waals surface area contributed by atoms with Crippen molar-refractivity contribution in [2.75, 3.05) is 40.4 Å². The van der Waals surface area contributed by atoms with E-state index >= 15 is 0 Å². The molecule has 0 spiro atoms. The zero-order chi connectivity index (χ0) is 24.9. The van der Waals surface area contributed by atoms with Crippen LogP contribution in [0.15, 0.2) is 36.4 Å². The van der Waals surface area contributed by atoms with Gasteiger partial charge in [0.05, 0.1) is 39.8 Å². The minimum atomic E-state index is -0.255. The Morgan fingerprint density at radius 1 is 1.15 bits per heavy atom. The van der Waals surface area contributed by atoms with Crippen molar-refractivity contribution < 1.29 is 28.2 Å². The van der Waals surface area contributed by atoms with E-state index in [1.807, 2.05) is 38.1 Å². The van der Waals surface area contributed by atoms with Gasteiger partial charge >= 0.3 is 0 Å². The fraction of sp³-hybridized carbons (Fsp3) is 0.519. The van der Waals surface area contributed by atoms with Gasteiger partial charge in [0.1, 0.15) is 12.4 Å².